The van der Waals surface area contributed by atoms with Gasteiger partial charge in [-0.05, 0) is 30.0 Å². The molecule has 0 radical (unpaired) electrons. The zero-order valence-corrected chi connectivity index (χ0v) is 21.3. The van der Waals surface area contributed by atoms with Crippen molar-refractivity contribution in [3.8, 4) is 0 Å². The second kappa shape index (κ2) is 11.2. The van der Waals surface area contributed by atoms with Gasteiger partial charge in [0.1, 0.15) is 13.1 Å². The third-order valence-electron chi connectivity index (χ3n) is 8.61. The number of nitrogens with zero attached hydrogens (tertiary/aromatic N) is 2. The van der Waals surface area contributed by atoms with Crippen LogP contribution in [0, 0.1) is 5.92 Å². The van der Waals surface area contributed by atoms with Crippen LogP contribution in [0.15, 0.2) is 54.9 Å². The summed E-state index contributed by atoms with van der Waals surface area (Å²) in [5, 5.41) is 0. The number of piperidine rings is 3. The standard InChI is InChI=1S/C29H37N2O3.ClH/c32-26(19-23-9-8-16-30-20-23)21-31-17-12-24(13-18-31)27(22-31)34-28(33)29(14-6-1-2-7-15-29)25-10-4-3-5-11-25;/h3-5,8-11,16,20,24,27H,1-2,6-7,12-15,17-19,21-22H2;1H/q+1;/p-1/t24?,27-,31?;/m0./s1. The molecular formula is C29H37ClN2O3. The Bertz CT molecular complexity index is 982. The highest BCUT2D eigenvalue weighted by Crippen LogP contribution is 2.42. The van der Waals surface area contributed by atoms with Crippen molar-refractivity contribution in [1.29, 1.82) is 0 Å². The van der Waals surface area contributed by atoms with Crippen molar-refractivity contribution in [3.05, 3.63) is 66.0 Å². The number of pyridine rings is 1. The molecular weight excluding hydrogens is 460 g/mol. The molecule has 0 N–H and O–H groups in total. The van der Waals surface area contributed by atoms with Crippen LogP contribution in [0.1, 0.15) is 62.5 Å². The second-order valence-electron chi connectivity index (χ2n) is 10.8. The highest BCUT2D eigenvalue weighted by Gasteiger charge is 2.50. The van der Waals surface area contributed by atoms with Crippen LogP contribution in [0.2, 0.25) is 0 Å². The first-order valence-corrected chi connectivity index (χ1v) is 13.1. The van der Waals surface area contributed by atoms with E-state index in [9.17, 15) is 9.59 Å². The van der Waals surface area contributed by atoms with Gasteiger partial charge >= 0.3 is 5.97 Å². The zero-order valence-electron chi connectivity index (χ0n) is 20.5. The van der Waals surface area contributed by atoms with Gasteiger partial charge in [-0.1, -0.05) is 62.1 Å². The van der Waals surface area contributed by atoms with Gasteiger partial charge in [-0.25, -0.2) is 0 Å². The average Bonchev–Trinajstić information content (AvgIpc) is 3.13. The maximum absolute atomic E-state index is 13.9. The number of halogens is 1. The van der Waals surface area contributed by atoms with E-state index < -0.39 is 5.41 Å². The van der Waals surface area contributed by atoms with Crippen LogP contribution in [-0.4, -0.2) is 53.5 Å². The van der Waals surface area contributed by atoms with Crippen molar-refractivity contribution in [2.24, 2.45) is 5.92 Å². The topological polar surface area (TPSA) is 56.3 Å². The lowest BCUT2D eigenvalue weighted by Gasteiger charge is -2.52. The number of hydrogen-bond donors (Lipinski definition) is 0. The van der Waals surface area contributed by atoms with Crippen LogP contribution in [0.5, 0.6) is 0 Å². The number of carbonyl (C=O) groups excluding carboxylic acids is 2. The first kappa shape index (κ1) is 25.8. The molecule has 5 nitrogen and oxygen atoms in total. The summed E-state index contributed by atoms with van der Waals surface area (Å²) in [6, 6.07) is 14.2. The Morgan fingerprint density at radius 2 is 1.69 bits per heavy atom. The molecule has 3 saturated heterocycles. The molecule has 1 aromatic heterocycles. The number of ether oxygens (including phenoxy) is 1. The van der Waals surface area contributed by atoms with E-state index >= 15 is 0 Å². The van der Waals surface area contributed by atoms with E-state index in [0.29, 0.717) is 18.9 Å². The van der Waals surface area contributed by atoms with Gasteiger partial charge in [0.25, 0.3) is 0 Å². The summed E-state index contributed by atoms with van der Waals surface area (Å²) in [7, 11) is 0. The molecule has 3 aliphatic heterocycles. The SMILES string of the molecule is O=C(Cc1cccnc1)C[N+]12CCC(CC1)[C@@H](OC(=O)C1(c3ccccc3)CCCCCC1)C2.[Cl-]. The highest BCUT2D eigenvalue weighted by atomic mass is 35.5. The fourth-order valence-corrected chi connectivity index (χ4v) is 6.69. The molecule has 1 saturated carbocycles. The van der Waals surface area contributed by atoms with Crippen molar-refractivity contribution in [2.75, 3.05) is 26.2 Å². The minimum absolute atomic E-state index is 0. The molecule has 0 amide bonds. The Hall–Kier alpha value is -2.24. The summed E-state index contributed by atoms with van der Waals surface area (Å²) in [6.45, 7) is 3.34. The number of ketones is 1. The van der Waals surface area contributed by atoms with Gasteiger partial charge < -0.3 is 21.6 Å². The first-order chi connectivity index (χ1) is 16.6. The molecule has 6 rings (SSSR count). The Kier molecular flexibility index (Phi) is 8.28. The molecule has 2 bridgehead atoms. The fourth-order valence-electron chi connectivity index (χ4n) is 6.69. The Balaban J connectivity index is 0.00000289. The van der Waals surface area contributed by atoms with Gasteiger partial charge in [-0.3, -0.25) is 14.6 Å². The van der Waals surface area contributed by atoms with E-state index in [2.05, 4.69) is 17.1 Å². The molecule has 1 atom stereocenters. The van der Waals surface area contributed by atoms with Crippen molar-refractivity contribution in [2.45, 2.75) is 69.3 Å². The van der Waals surface area contributed by atoms with Gasteiger partial charge in [-0.2, -0.15) is 0 Å². The minimum atomic E-state index is -0.523. The first-order valence-electron chi connectivity index (χ1n) is 13.1. The van der Waals surface area contributed by atoms with Crippen LogP contribution in [0.4, 0.5) is 0 Å². The van der Waals surface area contributed by atoms with Gasteiger partial charge in [0.05, 0.1) is 18.5 Å². The van der Waals surface area contributed by atoms with Crippen LogP contribution >= 0.6 is 0 Å². The van der Waals surface area contributed by atoms with Gasteiger partial charge in [0.15, 0.2) is 11.9 Å². The maximum atomic E-state index is 13.9. The third-order valence-corrected chi connectivity index (χ3v) is 8.61. The summed E-state index contributed by atoms with van der Waals surface area (Å²) in [5.41, 5.74) is 1.56. The summed E-state index contributed by atoms with van der Waals surface area (Å²) in [5.74, 6) is 0.651. The van der Waals surface area contributed by atoms with Crippen molar-refractivity contribution in [3.63, 3.8) is 0 Å². The number of Topliss-reactive ketones (excluding diaryl/α,β-unsaturated/α-hetero) is 1. The predicted molar refractivity (Wildman–Crippen MR) is 131 cm³/mol. The lowest BCUT2D eigenvalue weighted by atomic mass is 9.74. The molecule has 0 spiro atoms. The largest absolute Gasteiger partial charge is 1.00 e. The molecule has 4 fully saturated rings. The molecule has 4 heterocycles. The Morgan fingerprint density at radius 3 is 2.34 bits per heavy atom. The number of benzene rings is 1. The number of aromatic nitrogens is 1. The van der Waals surface area contributed by atoms with Gasteiger partial charge in [-0.15, -0.1) is 0 Å². The molecule has 35 heavy (non-hydrogen) atoms. The van der Waals surface area contributed by atoms with Gasteiger partial charge in [0, 0.05) is 37.6 Å². The Morgan fingerprint density at radius 1 is 0.971 bits per heavy atom. The maximum Gasteiger partial charge on any atom is 0.317 e. The number of esters is 1. The summed E-state index contributed by atoms with van der Waals surface area (Å²) in [4.78, 5) is 31.0. The van der Waals surface area contributed by atoms with Crippen LogP contribution < -0.4 is 12.4 Å². The van der Waals surface area contributed by atoms with Crippen LogP contribution in [0.3, 0.4) is 0 Å². The number of fused-ring (bicyclic) bond motifs is 3. The molecule has 2 aromatic rings. The second-order valence-corrected chi connectivity index (χ2v) is 10.8. The monoisotopic (exact) mass is 496 g/mol. The van der Waals surface area contributed by atoms with Crippen LogP contribution in [-0.2, 0) is 26.2 Å². The van der Waals surface area contributed by atoms with Crippen LogP contribution in [0.25, 0.3) is 0 Å². The van der Waals surface area contributed by atoms with E-state index in [4.69, 9.17) is 4.74 Å². The molecule has 6 heteroatoms. The molecule has 4 aliphatic rings. The molecule has 1 aliphatic carbocycles. The average molecular weight is 497 g/mol. The summed E-state index contributed by atoms with van der Waals surface area (Å²) in [6.07, 6.45) is 12.2. The van der Waals surface area contributed by atoms with Crippen molar-refractivity contribution < 1.29 is 31.2 Å². The van der Waals surface area contributed by atoms with Gasteiger partial charge in [0.2, 0.25) is 0 Å². The van der Waals surface area contributed by atoms with E-state index in [1.807, 2.05) is 30.3 Å². The van der Waals surface area contributed by atoms with E-state index in [0.717, 1.165) is 73.8 Å². The van der Waals surface area contributed by atoms with E-state index in [1.54, 1.807) is 12.4 Å². The number of quaternary nitrogens is 1. The summed E-state index contributed by atoms with van der Waals surface area (Å²) >= 11 is 0. The van der Waals surface area contributed by atoms with E-state index in [-0.39, 0.29) is 30.3 Å². The number of carbonyl (C=O) groups is 2. The third kappa shape index (κ3) is 5.62. The van der Waals surface area contributed by atoms with E-state index in [1.165, 1.54) is 12.8 Å². The normalized spacial score (nSPS) is 27.3. The fraction of sp³-hybridized carbons (Fsp3) is 0.552. The van der Waals surface area contributed by atoms with Crippen molar-refractivity contribution >= 4 is 11.8 Å². The smallest absolute Gasteiger partial charge is 0.317 e. The quantitative estimate of drug-likeness (QED) is 0.332. The zero-order chi connectivity index (χ0) is 23.4. The predicted octanol–water partition coefficient (Wildman–Crippen LogP) is 1.64. The lowest BCUT2D eigenvalue weighted by Crippen LogP contribution is -3.00. The molecule has 188 valence electrons. The Labute approximate surface area is 215 Å². The highest BCUT2D eigenvalue weighted by molar-refractivity contribution is 5.83. The lowest BCUT2D eigenvalue weighted by molar-refractivity contribution is -0.939. The summed E-state index contributed by atoms with van der Waals surface area (Å²) < 4.78 is 7.20. The van der Waals surface area contributed by atoms with Crippen molar-refractivity contribution in [1.82, 2.24) is 4.98 Å². The number of hydrogen-bond acceptors (Lipinski definition) is 4. The number of rotatable bonds is 7. The minimum Gasteiger partial charge on any atom is -1.00 e. The molecule has 0 unspecified atom stereocenters. The molecule has 1 aromatic carbocycles.